The minimum absolute atomic E-state index is 0.114. The van der Waals surface area contributed by atoms with Gasteiger partial charge in [-0.05, 0) is 44.1 Å². The van der Waals surface area contributed by atoms with Crippen LogP contribution >= 0.6 is 11.6 Å². The Labute approximate surface area is 183 Å². The monoisotopic (exact) mass is 444 g/mol. The maximum absolute atomic E-state index is 13.2. The van der Waals surface area contributed by atoms with Gasteiger partial charge in [-0.2, -0.15) is 0 Å². The SMILES string of the molecule is CC(C)(CO[Si](C)(C)C(C)(C)C)n1cc(C(=O)c2cc(Cl)ccn2)c2cncnc21. The van der Waals surface area contributed by atoms with Gasteiger partial charge in [-0.3, -0.25) is 9.78 Å². The third kappa shape index (κ3) is 4.33. The van der Waals surface area contributed by atoms with Crippen LogP contribution in [0.4, 0.5) is 0 Å². The normalized spacial score (nSPS) is 13.1. The average molecular weight is 445 g/mol. The van der Waals surface area contributed by atoms with Crippen molar-refractivity contribution >= 4 is 36.7 Å². The highest BCUT2D eigenvalue weighted by Gasteiger charge is 2.39. The Morgan fingerprint density at radius 2 is 1.90 bits per heavy atom. The maximum Gasteiger partial charge on any atom is 0.213 e. The molecule has 30 heavy (non-hydrogen) atoms. The van der Waals surface area contributed by atoms with Gasteiger partial charge < -0.3 is 8.99 Å². The molecule has 0 spiro atoms. The van der Waals surface area contributed by atoms with Crippen molar-refractivity contribution in [3.8, 4) is 0 Å². The van der Waals surface area contributed by atoms with Gasteiger partial charge >= 0.3 is 0 Å². The summed E-state index contributed by atoms with van der Waals surface area (Å²) in [5.41, 5.74) is 1.07. The molecule has 0 bridgehead atoms. The molecule has 6 nitrogen and oxygen atoms in total. The molecule has 0 saturated carbocycles. The first-order valence-corrected chi connectivity index (χ1v) is 13.2. The number of aromatic nitrogens is 4. The number of carbonyl (C=O) groups is 1. The number of hydrogen-bond acceptors (Lipinski definition) is 5. The van der Waals surface area contributed by atoms with Gasteiger partial charge in [0.25, 0.3) is 0 Å². The molecule has 0 amide bonds. The van der Waals surface area contributed by atoms with Crippen LogP contribution in [0.25, 0.3) is 11.0 Å². The van der Waals surface area contributed by atoms with Gasteiger partial charge in [0.1, 0.15) is 17.7 Å². The second-order valence-corrected chi connectivity index (χ2v) is 15.0. The molecule has 0 aliphatic heterocycles. The zero-order valence-electron chi connectivity index (χ0n) is 18.7. The van der Waals surface area contributed by atoms with E-state index in [4.69, 9.17) is 16.0 Å². The van der Waals surface area contributed by atoms with E-state index in [0.29, 0.717) is 33.9 Å². The van der Waals surface area contributed by atoms with Crippen LogP contribution in [-0.4, -0.2) is 40.2 Å². The van der Waals surface area contributed by atoms with Crippen LogP contribution in [0.15, 0.2) is 37.1 Å². The van der Waals surface area contributed by atoms with Gasteiger partial charge in [0.15, 0.2) is 8.32 Å². The summed E-state index contributed by atoms with van der Waals surface area (Å²) in [5.74, 6) is -0.211. The van der Waals surface area contributed by atoms with Gasteiger partial charge in [-0.1, -0.05) is 32.4 Å². The Balaban J connectivity index is 2.02. The van der Waals surface area contributed by atoms with E-state index in [-0.39, 0.29) is 10.8 Å². The topological polar surface area (TPSA) is 69.9 Å². The molecular formula is C22H29ClN4O2Si. The quantitative estimate of drug-likeness (QED) is 0.372. The summed E-state index contributed by atoms with van der Waals surface area (Å²) in [5, 5.41) is 1.27. The number of pyridine rings is 1. The van der Waals surface area contributed by atoms with Crippen molar-refractivity contribution in [2.24, 2.45) is 0 Å². The third-order valence-corrected chi connectivity index (χ3v) is 10.6. The Hall–Kier alpha value is -2.09. The van der Waals surface area contributed by atoms with E-state index < -0.39 is 13.9 Å². The van der Waals surface area contributed by atoms with Gasteiger partial charge in [-0.25, -0.2) is 9.97 Å². The van der Waals surface area contributed by atoms with E-state index in [1.54, 1.807) is 18.3 Å². The van der Waals surface area contributed by atoms with Crippen LogP contribution in [-0.2, 0) is 9.96 Å². The molecular weight excluding hydrogens is 416 g/mol. The van der Waals surface area contributed by atoms with Crippen LogP contribution in [0, 0.1) is 0 Å². The van der Waals surface area contributed by atoms with Crippen LogP contribution in [0.1, 0.15) is 50.7 Å². The summed E-state index contributed by atoms with van der Waals surface area (Å²) >= 11 is 6.06. The fourth-order valence-electron chi connectivity index (χ4n) is 2.92. The minimum atomic E-state index is -1.93. The van der Waals surface area contributed by atoms with Crippen LogP contribution in [0.5, 0.6) is 0 Å². The first-order valence-electron chi connectivity index (χ1n) is 9.95. The molecule has 0 N–H and O–H groups in total. The Morgan fingerprint density at radius 1 is 1.20 bits per heavy atom. The van der Waals surface area contributed by atoms with Gasteiger partial charge in [-0.15, -0.1) is 0 Å². The summed E-state index contributed by atoms with van der Waals surface area (Å²) in [6.45, 7) is 15.8. The van der Waals surface area contributed by atoms with E-state index in [1.807, 2.05) is 10.8 Å². The number of nitrogens with zero attached hydrogens (tertiary/aromatic N) is 4. The summed E-state index contributed by atoms with van der Waals surface area (Å²) < 4.78 is 8.50. The molecule has 3 heterocycles. The fraction of sp³-hybridized carbons (Fsp3) is 0.455. The highest BCUT2D eigenvalue weighted by molar-refractivity contribution is 6.74. The molecule has 160 valence electrons. The van der Waals surface area contributed by atoms with Crippen molar-refractivity contribution in [2.75, 3.05) is 6.61 Å². The lowest BCUT2D eigenvalue weighted by atomic mass is 10.1. The molecule has 0 aromatic carbocycles. The Bertz CT molecular complexity index is 1090. The number of ketones is 1. The Morgan fingerprint density at radius 3 is 2.53 bits per heavy atom. The van der Waals surface area contributed by atoms with Crippen molar-refractivity contribution in [1.82, 2.24) is 19.5 Å². The molecule has 0 saturated heterocycles. The molecule has 3 aromatic rings. The third-order valence-electron chi connectivity index (χ3n) is 5.91. The largest absolute Gasteiger partial charge is 0.414 e. The number of hydrogen-bond donors (Lipinski definition) is 0. The highest BCUT2D eigenvalue weighted by Crippen LogP contribution is 2.38. The lowest BCUT2D eigenvalue weighted by Gasteiger charge is -2.39. The number of rotatable bonds is 6. The summed E-state index contributed by atoms with van der Waals surface area (Å²) in [7, 11) is -1.93. The van der Waals surface area contributed by atoms with Crippen LogP contribution in [0.3, 0.4) is 0 Å². The molecule has 0 radical (unpaired) electrons. The summed E-state index contributed by atoms with van der Waals surface area (Å²) in [4.78, 5) is 26.0. The van der Waals surface area contributed by atoms with Crippen molar-refractivity contribution in [1.29, 1.82) is 0 Å². The first-order chi connectivity index (χ1) is 13.8. The second-order valence-electron chi connectivity index (χ2n) is 9.72. The zero-order valence-corrected chi connectivity index (χ0v) is 20.4. The predicted molar refractivity (Wildman–Crippen MR) is 123 cm³/mol. The summed E-state index contributed by atoms with van der Waals surface area (Å²) in [6.07, 6.45) is 6.53. The van der Waals surface area contributed by atoms with Crippen molar-refractivity contribution in [3.63, 3.8) is 0 Å². The lowest BCUT2D eigenvalue weighted by molar-refractivity contribution is 0.103. The number of carbonyl (C=O) groups excluding carboxylic acids is 1. The van der Waals surface area contributed by atoms with E-state index in [1.165, 1.54) is 12.5 Å². The van der Waals surface area contributed by atoms with Crippen LogP contribution < -0.4 is 0 Å². The standard InChI is InChI=1S/C22H29ClN4O2Si/c1-21(2,3)30(6,7)29-13-22(4,5)27-12-17(16-11-24-14-26-20(16)27)19(28)18-10-15(23)8-9-25-18/h8-12,14H,13H2,1-7H3. The molecule has 0 unspecified atom stereocenters. The Kier molecular flexibility index (Phi) is 5.92. The minimum Gasteiger partial charge on any atom is -0.414 e. The average Bonchev–Trinajstić information content (AvgIpc) is 3.06. The van der Waals surface area contributed by atoms with Crippen molar-refractivity contribution < 1.29 is 9.22 Å². The molecule has 0 aliphatic rings. The van der Waals surface area contributed by atoms with E-state index in [0.717, 1.165) is 0 Å². The number of fused-ring (bicyclic) bond motifs is 1. The van der Waals surface area contributed by atoms with E-state index >= 15 is 0 Å². The van der Waals surface area contributed by atoms with Gasteiger partial charge in [0.05, 0.1) is 17.7 Å². The highest BCUT2D eigenvalue weighted by atomic mass is 35.5. The smallest absolute Gasteiger partial charge is 0.213 e. The fourth-order valence-corrected chi connectivity index (χ4v) is 4.22. The zero-order chi connectivity index (χ0) is 22.3. The molecule has 3 aromatic heterocycles. The molecule has 0 atom stereocenters. The first kappa shape index (κ1) is 22.6. The van der Waals surface area contributed by atoms with Crippen molar-refractivity contribution in [2.45, 2.75) is 58.3 Å². The predicted octanol–water partition coefficient (Wildman–Crippen LogP) is 5.47. The number of halogens is 1. The van der Waals surface area contributed by atoms with E-state index in [9.17, 15) is 4.79 Å². The van der Waals surface area contributed by atoms with Crippen molar-refractivity contribution in [3.05, 3.63) is 53.3 Å². The second kappa shape index (κ2) is 7.87. The molecule has 0 aliphatic carbocycles. The summed E-state index contributed by atoms with van der Waals surface area (Å²) in [6, 6.07) is 3.22. The molecule has 0 fully saturated rings. The maximum atomic E-state index is 13.2. The molecule has 3 rings (SSSR count). The lowest BCUT2D eigenvalue weighted by Crippen LogP contribution is -2.45. The van der Waals surface area contributed by atoms with Crippen LogP contribution in [0.2, 0.25) is 23.2 Å². The van der Waals surface area contributed by atoms with Gasteiger partial charge in [0, 0.05) is 29.0 Å². The van der Waals surface area contributed by atoms with Gasteiger partial charge in [0.2, 0.25) is 5.78 Å². The molecule has 8 heteroatoms. The van der Waals surface area contributed by atoms with E-state index in [2.05, 4.69) is 62.7 Å².